The van der Waals surface area contributed by atoms with Crippen molar-refractivity contribution in [3.8, 4) is 0 Å². The van der Waals surface area contributed by atoms with Gasteiger partial charge >= 0.3 is 5.97 Å². The van der Waals surface area contributed by atoms with Gasteiger partial charge in [0.05, 0.1) is 12.7 Å². The van der Waals surface area contributed by atoms with Gasteiger partial charge in [-0.25, -0.2) is 4.79 Å². The van der Waals surface area contributed by atoms with Gasteiger partial charge in [0, 0.05) is 23.8 Å². The number of halogens is 1. The Kier molecular flexibility index (Phi) is 4.19. The number of alkyl halides is 1. The van der Waals surface area contributed by atoms with E-state index in [0.29, 0.717) is 5.92 Å². The lowest BCUT2D eigenvalue weighted by Gasteiger charge is -2.10. The molecule has 1 aromatic heterocycles. The number of carbonyl (C=O) groups is 1. The average molecular weight is 288 g/mol. The maximum Gasteiger partial charge on any atom is 0.339 e. The van der Waals surface area contributed by atoms with Crippen LogP contribution in [-0.4, -0.2) is 23.0 Å². The Hall–Kier alpha value is -0.770. The Morgan fingerprint density at radius 1 is 1.44 bits per heavy atom. The molecule has 16 heavy (non-hydrogen) atoms. The largest absolute Gasteiger partial charge is 0.465 e. The number of rotatable bonds is 3. The van der Waals surface area contributed by atoms with Gasteiger partial charge in [-0.2, -0.15) is 0 Å². The van der Waals surface area contributed by atoms with Crippen LogP contribution < -0.4 is 0 Å². The Morgan fingerprint density at radius 2 is 2.00 bits per heavy atom. The van der Waals surface area contributed by atoms with E-state index in [4.69, 9.17) is 4.74 Å². The van der Waals surface area contributed by atoms with Crippen LogP contribution in [0.15, 0.2) is 0 Å². The predicted octanol–water partition coefficient (Wildman–Crippen LogP) is 2.93. The summed E-state index contributed by atoms with van der Waals surface area (Å²) < 4.78 is 6.90. The Labute approximate surface area is 105 Å². The van der Waals surface area contributed by atoms with Crippen LogP contribution in [-0.2, 0) is 11.8 Å². The summed E-state index contributed by atoms with van der Waals surface area (Å²) in [4.78, 5) is 11.8. The second-order valence-corrected chi connectivity index (χ2v) is 4.71. The summed E-state index contributed by atoms with van der Waals surface area (Å²) in [6.45, 7) is 6.08. The molecule has 1 rings (SSSR count). The van der Waals surface area contributed by atoms with Crippen molar-refractivity contribution >= 4 is 21.9 Å². The minimum absolute atomic E-state index is 0.246. The third kappa shape index (κ3) is 2.03. The highest BCUT2D eigenvalue weighted by molar-refractivity contribution is 9.09. The second kappa shape index (κ2) is 5.04. The molecule has 1 aromatic rings. The van der Waals surface area contributed by atoms with Crippen molar-refractivity contribution in [3.63, 3.8) is 0 Å². The Bertz CT molecular complexity index is 410. The molecule has 1 unspecified atom stereocenters. The van der Waals surface area contributed by atoms with Crippen LogP contribution in [0.2, 0.25) is 0 Å². The molecule has 4 heteroatoms. The van der Waals surface area contributed by atoms with Crippen LogP contribution in [0.25, 0.3) is 0 Å². The highest BCUT2D eigenvalue weighted by Crippen LogP contribution is 2.30. The molecule has 0 aromatic carbocycles. The molecule has 0 bridgehead atoms. The number of ether oxygens (including phenoxy) is 1. The summed E-state index contributed by atoms with van der Waals surface area (Å²) in [6, 6.07) is 0. The van der Waals surface area contributed by atoms with E-state index in [2.05, 4.69) is 22.9 Å². The molecule has 0 aliphatic carbocycles. The molecule has 0 N–H and O–H groups in total. The molecule has 0 amide bonds. The van der Waals surface area contributed by atoms with Crippen molar-refractivity contribution in [1.82, 2.24) is 4.57 Å². The molecule has 90 valence electrons. The number of methoxy groups -OCH3 is 1. The summed E-state index contributed by atoms with van der Waals surface area (Å²) in [6.07, 6.45) is 0. The SMILES string of the molecule is COC(=O)c1c(C(C)CBr)c(C)n(C)c1C. The fourth-order valence-corrected chi connectivity index (χ4v) is 2.34. The fourth-order valence-electron chi connectivity index (χ4n) is 2.02. The molecular weight excluding hydrogens is 270 g/mol. The van der Waals surface area contributed by atoms with E-state index in [9.17, 15) is 4.79 Å². The Balaban J connectivity index is 3.45. The van der Waals surface area contributed by atoms with Crippen molar-refractivity contribution in [2.45, 2.75) is 26.7 Å². The van der Waals surface area contributed by atoms with Gasteiger partial charge in [-0.15, -0.1) is 0 Å². The number of hydrogen-bond donors (Lipinski definition) is 0. The zero-order valence-corrected chi connectivity index (χ0v) is 12.0. The quantitative estimate of drug-likeness (QED) is 0.632. The van der Waals surface area contributed by atoms with Gasteiger partial charge < -0.3 is 9.30 Å². The number of aromatic nitrogens is 1. The van der Waals surface area contributed by atoms with Gasteiger partial charge in [0.1, 0.15) is 0 Å². The standard InChI is InChI=1S/C12H18BrNO2/c1-7(6-13)10-8(2)14(4)9(3)11(10)12(15)16-5/h7H,6H2,1-5H3. The second-order valence-electron chi connectivity index (χ2n) is 4.07. The van der Waals surface area contributed by atoms with Gasteiger partial charge in [-0.05, 0) is 25.3 Å². The van der Waals surface area contributed by atoms with Crippen LogP contribution in [0.5, 0.6) is 0 Å². The first-order chi connectivity index (χ1) is 7.45. The maximum atomic E-state index is 11.8. The lowest BCUT2D eigenvalue weighted by molar-refractivity contribution is 0.0598. The molecule has 0 saturated heterocycles. The molecule has 0 radical (unpaired) electrons. The van der Waals surface area contributed by atoms with Crippen LogP contribution >= 0.6 is 15.9 Å². The van der Waals surface area contributed by atoms with E-state index in [-0.39, 0.29) is 5.97 Å². The Morgan fingerprint density at radius 3 is 2.44 bits per heavy atom. The number of nitrogens with zero attached hydrogens (tertiary/aromatic N) is 1. The lowest BCUT2D eigenvalue weighted by atomic mass is 9.98. The zero-order chi connectivity index (χ0) is 12.5. The first-order valence-electron chi connectivity index (χ1n) is 5.25. The topological polar surface area (TPSA) is 31.2 Å². The van der Waals surface area contributed by atoms with Gasteiger partial charge in [0.2, 0.25) is 0 Å². The van der Waals surface area contributed by atoms with Crippen molar-refractivity contribution < 1.29 is 9.53 Å². The van der Waals surface area contributed by atoms with Gasteiger partial charge in [-0.3, -0.25) is 0 Å². The molecule has 3 nitrogen and oxygen atoms in total. The fraction of sp³-hybridized carbons (Fsp3) is 0.583. The molecule has 1 atom stereocenters. The predicted molar refractivity (Wildman–Crippen MR) is 68.4 cm³/mol. The molecule has 0 aliphatic heterocycles. The van der Waals surface area contributed by atoms with Crippen LogP contribution in [0, 0.1) is 13.8 Å². The molecule has 0 aliphatic rings. The number of esters is 1. The van der Waals surface area contributed by atoms with Crippen LogP contribution in [0.4, 0.5) is 0 Å². The average Bonchev–Trinajstić information content (AvgIpc) is 2.51. The van der Waals surface area contributed by atoms with E-state index < -0.39 is 0 Å². The third-order valence-corrected chi connectivity index (χ3v) is 4.11. The van der Waals surface area contributed by atoms with Crippen molar-refractivity contribution in [3.05, 3.63) is 22.5 Å². The van der Waals surface area contributed by atoms with Gasteiger partial charge in [-0.1, -0.05) is 22.9 Å². The third-order valence-electron chi connectivity index (χ3n) is 3.14. The molecule has 0 spiro atoms. The maximum absolute atomic E-state index is 11.8. The van der Waals surface area contributed by atoms with Gasteiger partial charge in [0.25, 0.3) is 0 Å². The highest BCUT2D eigenvalue weighted by Gasteiger charge is 2.25. The van der Waals surface area contributed by atoms with Crippen molar-refractivity contribution in [2.75, 3.05) is 12.4 Å². The minimum Gasteiger partial charge on any atom is -0.465 e. The summed E-state index contributed by atoms with van der Waals surface area (Å²) in [5.41, 5.74) is 3.90. The van der Waals surface area contributed by atoms with Crippen LogP contribution in [0.1, 0.15) is 40.2 Å². The molecule has 0 saturated carbocycles. The first-order valence-corrected chi connectivity index (χ1v) is 6.37. The number of hydrogen-bond acceptors (Lipinski definition) is 2. The zero-order valence-electron chi connectivity index (χ0n) is 10.4. The summed E-state index contributed by atoms with van der Waals surface area (Å²) in [5.74, 6) is 0.0537. The smallest absolute Gasteiger partial charge is 0.339 e. The van der Waals surface area contributed by atoms with Crippen LogP contribution in [0.3, 0.4) is 0 Å². The van der Waals surface area contributed by atoms with E-state index in [0.717, 1.165) is 27.8 Å². The van der Waals surface area contributed by atoms with Gasteiger partial charge in [0.15, 0.2) is 0 Å². The molecule has 1 heterocycles. The lowest BCUT2D eigenvalue weighted by Crippen LogP contribution is -2.08. The summed E-state index contributed by atoms with van der Waals surface area (Å²) in [5, 5.41) is 0.835. The van der Waals surface area contributed by atoms with E-state index in [1.165, 1.54) is 7.11 Å². The van der Waals surface area contributed by atoms with Crippen molar-refractivity contribution in [2.24, 2.45) is 7.05 Å². The highest BCUT2D eigenvalue weighted by atomic mass is 79.9. The monoisotopic (exact) mass is 287 g/mol. The number of carbonyl (C=O) groups excluding carboxylic acids is 1. The van der Waals surface area contributed by atoms with E-state index in [1.807, 2.05) is 25.5 Å². The van der Waals surface area contributed by atoms with E-state index in [1.54, 1.807) is 0 Å². The van der Waals surface area contributed by atoms with E-state index >= 15 is 0 Å². The summed E-state index contributed by atoms with van der Waals surface area (Å²) >= 11 is 3.46. The summed E-state index contributed by atoms with van der Waals surface area (Å²) in [7, 11) is 3.40. The first kappa shape index (κ1) is 13.3. The normalized spacial score (nSPS) is 12.6. The minimum atomic E-state index is -0.246. The molecular formula is C12H18BrNO2. The van der Waals surface area contributed by atoms with Crippen molar-refractivity contribution in [1.29, 1.82) is 0 Å². The molecule has 0 fully saturated rings.